The Morgan fingerprint density at radius 1 is 1.04 bits per heavy atom. The van der Waals surface area contributed by atoms with E-state index in [4.69, 9.17) is 0 Å². The Labute approximate surface area is 153 Å². The van der Waals surface area contributed by atoms with E-state index in [1.54, 1.807) is 0 Å². The minimum atomic E-state index is -2.94. The first-order valence-corrected chi connectivity index (χ1v) is 10.8. The molecule has 2 aromatic rings. The molecule has 126 valence electrons. The zero-order valence-electron chi connectivity index (χ0n) is 14.1. The van der Waals surface area contributed by atoms with Gasteiger partial charge in [0.25, 0.3) is 8.32 Å². The summed E-state index contributed by atoms with van der Waals surface area (Å²) < 4.78 is 0.558. The number of aldehydes is 1. The van der Waals surface area contributed by atoms with Crippen molar-refractivity contribution in [1.82, 2.24) is 0 Å². The number of rotatable bonds is 7. The fourth-order valence-electron chi connectivity index (χ4n) is 3.11. The van der Waals surface area contributed by atoms with E-state index in [-0.39, 0.29) is 5.04 Å². The lowest BCUT2D eigenvalue weighted by atomic mass is 10.1. The lowest BCUT2D eigenvalue weighted by molar-refractivity contribution is -0.104. The van der Waals surface area contributed by atoms with Crippen molar-refractivity contribution >= 4 is 40.9 Å². The van der Waals surface area contributed by atoms with E-state index in [1.165, 1.54) is 0 Å². The van der Waals surface area contributed by atoms with Crippen LogP contribution in [0.4, 0.5) is 0 Å². The largest absolute Gasteiger partial charge is 0.424 e. The fraction of sp³-hybridized carbons (Fsp3) is 0.250. The van der Waals surface area contributed by atoms with Crippen molar-refractivity contribution in [1.29, 1.82) is 0 Å². The molecular weight excluding hydrogens is 380 g/mol. The van der Waals surface area contributed by atoms with Crippen molar-refractivity contribution in [2.75, 3.05) is 0 Å². The van der Waals surface area contributed by atoms with Crippen LogP contribution in [-0.2, 0) is 4.79 Å². The van der Waals surface area contributed by atoms with Crippen molar-refractivity contribution in [3.8, 4) is 0 Å². The van der Waals surface area contributed by atoms with Gasteiger partial charge in [0.15, 0.2) is 6.29 Å². The number of carbonyl (C=O) groups excluding carboxylic acids is 1. The maximum Gasteiger partial charge on any atom is 0.258 e. The highest BCUT2D eigenvalue weighted by Crippen LogP contribution is 2.40. The van der Waals surface area contributed by atoms with Crippen molar-refractivity contribution in [3.05, 3.63) is 71.2 Å². The van der Waals surface area contributed by atoms with Crippen molar-refractivity contribution in [3.63, 3.8) is 0 Å². The van der Waals surface area contributed by atoms with E-state index in [0.717, 1.165) is 29.5 Å². The highest BCUT2D eigenvalue weighted by Gasteiger charge is 2.49. The molecule has 2 nitrogen and oxygen atoms in total. The van der Waals surface area contributed by atoms with Crippen LogP contribution in [0.5, 0.6) is 0 Å². The van der Waals surface area contributed by atoms with Gasteiger partial charge in [-0.05, 0) is 44.2 Å². The average molecular weight is 403 g/mol. The van der Waals surface area contributed by atoms with Gasteiger partial charge in [0.1, 0.15) is 0 Å². The molecule has 0 saturated carbocycles. The number of carbonyl (C=O) groups is 1. The lowest BCUT2D eigenvalue weighted by Gasteiger charge is -2.41. The van der Waals surface area contributed by atoms with Gasteiger partial charge in [-0.25, -0.2) is 0 Å². The zero-order chi connectivity index (χ0) is 17.6. The summed E-state index contributed by atoms with van der Waals surface area (Å²) in [6.07, 6.45) is 4.20. The molecule has 0 heterocycles. The highest BCUT2D eigenvalue weighted by molar-refractivity contribution is 9.12. The molecule has 0 aromatic heterocycles. The van der Waals surface area contributed by atoms with E-state index in [9.17, 15) is 9.59 Å². The third-order valence-electron chi connectivity index (χ3n) is 4.58. The molecule has 0 radical (unpaired) electrons. The average Bonchev–Trinajstić information content (AvgIpc) is 2.62. The minimum Gasteiger partial charge on any atom is -0.424 e. The summed E-state index contributed by atoms with van der Waals surface area (Å²) in [6.45, 7) is 4.25. The Hall–Kier alpha value is -1.49. The molecule has 1 N–H and O–H groups in total. The predicted molar refractivity (Wildman–Crippen MR) is 106 cm³/mol. The molecule has 0 amide bonds. The second-order valence-electron chi connectivity index (χ2n) is 6.57. The van der Waals surface area contributed by atoms with Crippen LogP contribution >= 0.6 is 15.9 Å². The van der Waals surface area contributed by atoms with Crippen LogP contribution in [0.15, 0.2) is 71.2 Å². The lowest BCUT2D eigenvalue weighted by Crippen LogP contribution is -2.65. The molecule has 0 unspecified atom stereocenters. The quantitative estimate of drug-likeness (QED) is 0.434. The van der Waals surface area contributed by atoms with Crippen molar-refractivity contribution in [2.45, 2.75) is 31.7 Å². The van der Waals surface area contributed by atoms with Crippen LogP contribution in [0.2, 0.25) is 5.04 Å². The Balaban J connectivity index is 2.44. The van der Waals surface area contributed by atoms with Gasteiger partial charge in [-0.1, -0.05) is 80.6 Å². The maximum absolute atomic E-state index is 11.9. The molecule has 0 saturated heterocycles. The van der Waals surface area contributed by atoms with Gasteiger partial charge in [0.2, 0.25) is 0 Å². The molecule has 2 rings (SSSR count). The molecule has 0 fully saturated rings. The number of allylic oxidation sites excluding steroid dienone is 2. The summed E-state index contributed by atoms with van der Waals surface area (Å²) in [5, 5.41) is 1.74. The molecular formula is C20H23BrO2Si. The van der Waals surface area contributed by atoms with Gasteiger partial charge in [-0.3, -0.25) is 4.79 Å². The summed E-state index contributed by atoms with van der Waals surface area (Å²) in [6, 6.07) is 20.0. The topological polar surface area (TPSA) is 37.3 Å². The number of halogens is 1. The molecule has 0 spiro atoms. The van der Waals surface area contributed by atoms with E-state index in [2.05, 4.69) is 29.8 Å². The Morgan fingerprint density at radius 2 is 1.50 bits per heavy atom. The summed E-state index contributed by atoms with van der Waals surface area (Å²) >= 11 is 3.23. The third kappa shape index (κ3) is 3.94. The predicted octanol–water partition coefficient (Wildman–Crippen LogP) is 3.78. The maximum atomic E-state index is 11.9. The standard InChI is InChI=1S/C20H23BrO2Si/c1-20(2,15-9-10-17(21)16-22)24(23,18-11-5-3-6-12-18)19-13-7-4-8-14-19/h3-8,10-14,16,23H,9,15H2,1-2H3/b17-10-. The van der Waals surface area contributed by atoms with Crippen LogP contribution < -0.4 is 10.4 Å². The Morgan fingerprint density at radius 3 is 1.92 bits per heavy atom. The number of hydrogen-bond donors (Lipinski definition) is 1. The number of hydrogen-bond acceptors (Lipinski definition) is 2. The zero-order valence-corrected chi connectivity index (χ0v) is 16.7. The van der Waals surface area contributed by atoms with E-state index >= 15 is 0 Å². The minimum absolute atomic E-state index is 0.289. The summed E-state index contributed by atoms with van der Waals surface area (Å²) in [4.78, 5) is 22.7. The van der Waals surface area contributed by atoms with E-state index in [0.29, 0.717) is 4.48 Å². The monoisotopic (exact) mass is 402 g/mol. The fourth-order valence-corrected chi connectivity index (χ4v) is 7.09. The van der Waals surface area contributed by atoms with Crippen LogP contribution in [0.3, 0.4) is 0 Å². The molecule has 0 aliphatic heterocycles. The second kappa shape index (κ2) is 8.06. The van der Waals surface area contributed by atoms with Gasteiger partial charge in [-0.2, -0.15) is 0 Å². The van der Waals surface area contributed by atoms with E-state index < -0.39 is 8.32 Å². The Bertz CT molecular complexity index is 657. The molecule has 24 heavy (non-hydrogen) atoms. The first kappa shape index (κ1) is 18.8. The molecule has 4 heteroatoms. The molecule has 0 atom stereocenters. The van der Waals surface area contributed by atoms with Crippen molar-refractivity contribution in [2.24, 2.45) is 0 Å². The smallest absolute Gasteiger partial charge is 0.258 e. The Kier molecular flexibility index (Phi) is 6.32. The van der Waals surface area contributed by atoms with Gasteiger partial charge in [0.05, 0.1) is 4.48 Å². The van der Waals surface area contributed by atoms with Crippen LogP contribution in [-0.4, -0.2) is 19.4 Å². The van der Waals surface area contributed by atoms with Crippen molar-refractivity contribution < 1.29 is 9.59 Å². The summed E-state index contributed by atoms with van der Waals surface area (Å²) in [7, 11) is -2.94. The van der Waals surface area contributed by atoms with Gasteiger partial charge < -0.3 is 4.80 Å². The molecule has 0 aliphatic rings. The first-order chi connectivity index (χ1) is 11.4. The SMILES string of the molecule is CC(C)(CC/C=C(\Br)C=O)[Si](O)(c1ccccc1)c1ccccc1. The third-order valence-corrected chi connectivity index (χ3v) is 9.64. The van der Waals surface area contributed by atoms with Crippen LogP contribution in [0.25, 0.3) is 0 Å². The molecule has 0 aliphatic carbocycles. The van der Waals surface area contributed by atoms with Crippen LogP contribution in [0.1, 0.15) is 26.7 Å². The van der Waals surface area contributed by atoms with Gasteiger partial charge >= 0.3 is 0 Å². The van der Waals surface area contributed by atoms with Crippen LogP contribution in [0, 0.1) is 0 Å². The van der Waals surface area contributed by atoms with Gasteiger partial charge in [0, 0.05) is 0 Å². The summed E-state index contributed by atoms with van der Waals surface area (Å²) in [5.74, 6) is 0. The highest BCUT2D eigenvalue weighted by atomic mass is 79.9. The molecule has 0 bridgehead atoms. The van der Waals surface area contributed by atoms with E-state index in [1.807, 2.05) is 66.7 Å². The first-order valence-electron chi connectivity index (χ1n) is 8.06. The number of benzene rings is 2. The second-order valence-corrected chi connectivity index (χ2v) is 11.4. The normalized spacial score (nSPS) is 12.9. The summed E-state index contributed by atoms with van der Waals surface area (Å²) in [5.41, 5.74) is 0. The molecule has 2 aromatic carbocycles. The van der Waals surface area contributed by atoms with Gasteiger partial charge in [-0.15, -0.1) is 0 Å².